The summed E-state index contributed by atoms with van der Waals surface area (Å²) in [6.45, 7) is 7.15. The van der Waals surface area contributed by atoms with E-state index in [2.05, 4.69) is 37.7 Å². The number of hydrogen-bond acceptors (Lipinski definition) is 6. The van der Waals surface area contributed by atoms with E-state index in [0.29, 0.717) is 24.2 Å². The van der Waals surface area contributed by atoms with E-state index in [-0.39, 0.29) is 0 Å². The van der Waals surface area contributed by atoms with Crippen LogP contribution in [0.1, 0.15) is 27.3 Å². The van der Waals surface area contributed by atoms with Crippen molar-refractivity contribution in [3.8, 4) is 0 Å². The van der Waals surface area contributed by atoms with Crippen LogP contribution in [0.15, 0.2) is 9.52 Å². The van der Waals surface area contributed by atoms with E-state index in [0.717, 1.165) is 23.7 Å². The van der Waals surface area contributed by atoms with Crippen LogP contribution in [0.2, 0.25) is 0 Å². The molecular weight excluding hydrogens is 288 g/mol. The Morgan fingerprint density at radius 3 is 2.62 bits per heavy atom. The second-order valence-electron chi connectivity index (χ2n) is 4.59. The molecule has 2 N–H and O–H groups in total. The van der Waals surface area contributed by atoms with Gasteiger partial charge in [0, 0.05) is 24.9 Å². The fraction of sp³-hybridized carbons (Fsp3) is 0.538. The summed E-state index contributed by atoms with van der Waals surface area (Å²) in [6.07, 6.45) is 0.875. The van der Waals surface area contributed by atoms with Crippen molar-refractivity contribution in [3.05, 3.63) is 27.3 Å². The van der Waals surface area contributed by atoms with Crippen molar-refractivity contribution in [3.63, 3.8) is 0 Å². The highest BCUT2D eigenvalue weighted by Gasteiger charge is 2.06. The van der Waals surface area contributed by atoms with Gasteiger partial charge in [0.05, 0.1) is 17.2 Å². The van der Waals surface area contributed by atoms with Gasteiger partial charge in [0.15, 0.2) is 11.8 Å². The van der Waals surface area contributed by atoms with Gasteiger partial charge < -0.3 is 15.2 Å². The molecule has 0 radical (unpaired) electrons. The van der Waals surface area contributed by atoms with Crippen molar-refractivity contribution in [2.24, 2.45) is 4.99 Å². The predicted octanol–water partition coefficient (Wildman–Crippen LogP) is 1.36. The lowest BCUT2D eigenvalue weighted by atomic mass is 10.4. The quantitative estimate of drug-likeness (QED) is 0.640. The Bertz CT molecular complexity index is 598. The van der Waals surface area contributed by atoms with Crippen LogP contribution in [0, 0.1) is 20.8 Å². The molecule has 0 aliphatic heterocycles. The van der Waals surface area contributed by atoms with E-state index in [1.165, 1.54) is 4.88 Å². The Hall–Kier alpha value is -1.96. The van der Waals surface area contributed by atoms with E-state index in [9.17, 15) is 0 Å². The maximum absolute atomic E-state index is 5.03. The minimum Gasteiger partial charge on any atom is -0.356 e. The highest BCUT2D eigenvalue weighted by atomic mass is 32.1. The average Bonchev–Trinajstić information content (AvgIpc) is 3.00. The lowest BCUT2D eigenvalue weighted by Gasteiger charge is -2.09. The zero-order chi connectivity index (χ0) is 15.2. The van der Waals surface area contributed by atoms with E-state index in [1.54, 1.807) is 25.3 Å². The molecule has 0 spiro atoms. The number of hydrogen-bond donors (Lipinski definition) is 2. The van der Waals surface area contributed by atoms with Crippen LogP contribution >= 0.6 is 11.3 Å². The lowest BCUT2D eigenvalue weighted by molar-refractivity contribution is 0.371. The standard InChI is InChI=1S/C13H20N6OS/c1-8-9(2)21-12(17-8)5-6-15-13(14-4)16-7-11-18-10(3)19-20-11/h5-7H2,1-4H3,(H2,14,15,16). The van der Waals surface area contributed by atoms with E-state index in [1.807, 2.05) is 6.92 Å². The number of rotatable bonds is 5. The van der Waals surface area contributed by atoms with Crippen LogP contribution in [-0.2, 0) is 13.0 Å². The average molecular weight is 308 g/mol. The Kier molecular flexibility index (Phi) is 5.26. The van der Waals surface area contributed by atoms with Crippen LogP contribution in [0.5, 0.6) is 0 Å². The summed E-state index contributed by atoms with van der Waals surface area (Å²) in [5.41, 5.74) is 1.12. The van der Waals surface area contributed by atoms with Crippen LogP contribution in [-0.4, -0.2) is 34.7 Å². The first-order valence-corrected chi connectivity index (χ1v) is 7.56. The first-order chi connectivity index (χ1) is 10.1. The highest BCUT2D eigenvalue weighted by Crippen LogP contribution is 2.16. The van der Waals surface area contributed by atoms with Crippen molar-refractivity contribution >= 4 is 17.3 Å². The molecule has 0 aliphatic rings. The molecular formula is C13H20N6OS. The third-order valence-electron chi connectivity index (χ3n) is 2.90. The second-order valence-corrected chi connectivity index (χ2v) is 5.87. The summed E-state index contributed by atoms with van der Waals surface area (Å²) in [5.74, 6) is 1.88. The van der Waals surface area contributed by atoms with Crippen LogP contribution in [0.25, 0.3) is 0 Å². The number of aryl methyl sites for hydroxylation is 3. The van der Waals surface area contributed by atoms with Crippen LogP contribution in [0.3, 0.4) is 0 Å². The van der Waals surface area contributed by atoms with Gasteiger partial charge in [-0.3, -0.25) is 4.99 Å². The number of aliphatic imine (C=N–C) groups is 1. The first kappa shape index (κ1) is 15.4. The van der Waals surface area contributed by atoms with Gasteiger partial charge in [0.2, 0.25) is 5.89 Å². The van der Waals surface area contributed by atoms with Crippen molar-refractivity contribution in [2.75, 3.05) is 13.6 Å². The Morgan fingerprint density at radius 1 is 1.24 bits per heavy atom. The molecule has 0 saturated carbocycles. The smallest absolute Gasteiger partial charge is 0.246 e. The third-order valence-corrected chi connectivity index (χ3v) is 4.04. The molecule has 2 aromatic heterocycles. The summed E-state index contributed by atoms with van der Waals surface area (Å²) in [4.78, 5) is 14.1. The minimum absolute atomic E-state index is 0.454. The summed E-state index contributed by atoms with van der Waals surface area (Å²) >= 11 is 1.74. The number of thiazole rings is 1. The second kappa shape index (κ2) is 7.16. The fourth-order valence-electron chi connectivity index (χ4n) is 1.73. The largest absolute Gasteiger partial charge is 0.356 e. The molecule has 0 amide bonds. The van der Waals surface area contributed by atoms with Crippen molar-refractivity contribution in [2.45, 2.75) is 33.7 Å². The summed E-state index contributed by atoms with van der Waals surface area (Å²) in [5, 5.41) is 11.2. The van der Waals surface area contributed by atoms with Gasteiger partial charge in [-0.1, -0.05) is 5.16 Å². The lowest BCUT2D eigenvalue weighted by Crippen LogP contribution is -2.37. The van der Waals surface area contributed by atoms with Crippen molar-refractivity contribution in [1.29, 1.82) is 0 Å². The Balaban J connectivity index is 1.75. The maximum atomic E-state index is 5.03. The zero-order valence-corrected chi connectivity index (χ0v) is 13.5. The van der Waals surface area contributed by atoms with Gasteiger partial charge in [0.1, 0.15) is 0 Å². The molecule has 0 atom stereocenters. The Morgan fingerprint density at radius 2 is 2.05 bits per heavy atom. The molecule has 0 saturated heterocycles. The Labute approximate surface area is 127 Å². The molecule has 2 rings (SSSR count). The SMILES string of the molecule is CN=C(NCCc1nc(C)c(C)s1)NCc1nc(C)no1. The summed E-state index contributed by atoms with van der Waals surface area (Å²) in [7, 11) is 1.73. The number of nitrogens with zero attached hydrogens (tertiary/aromatic N) is 4. The monoisotopic (exact) mass is 308 g/mol. The topological polar surface area (TPSA) is 88.2 Å². The minimum atomic E-state index is 0.454. The molecule has 21 heavy (non-hydrogen) atoms. The summed E-state index contributed by atoms with van der Waals surface area (Å²) in [6, 6.07) is 0. The summed E-state index contributed by atoms with van der Waals surface area (Å²) < 4.78 is 5.03. The van der Waals surface area contributed by atoms with Crippen LogP contribution < -0.4 is 10.6 Å². The highest BCUT2D eigenvalue weighted by molar-refractivity contribution is 7.11. The third kappa shape index (κ3) is 4.52. The zero-order valence-electron chi connectivity index (χ0n) is 12.7. The van der Waals surface area contributed by atoms with Gasteiger partial charge >= 0.3 is 0 Å². The van der Waals surface area contributed by atoms with E-state index in [4.69, 9.17) is 4.52 Å². The number of nitrogens with one attached hydrogen (secondary N) is 2. The molecule has 7 nitrogen and oxygen atoms in total. The molecule has 8 heteroatoms. The molecule has 0 unspecified atom stereocenters. The molecule has 114 valence electrons. The van der Waals surface area contributed by atoms with Gasteiger partial charge in [-0.2, -0.15) is 4.98 Å². The molecule has 2 aromatic rings. The normalized spacial score (nSPS) is 11.7. The van der Waals surface area contributed by atoms with Crippen LogP contribution in [0.4, 0.5) is 0 Å². The molecule has 0 fully saturated rings. The molecule has 0 aliphatic carbocycles. The van der Waals surface area contributed by atoms with Crippen molar-refractivity contribution in [1.82, 2.24) is 25.8 Å². The predicted molar refractivity (Wildman–Crippen MR) is 82.5 cm³/mol. The van der Waals surface area contributed by atoms with E-state index < -0.39 is 0 Å². The number of aromatic nitrogens is 3. The molecule has 0 bridgehead atoms. The fourth-order valence-corrected chi connectivity index (χ4v) is 2.66. The van der Waals surface area contributed by atoms with Gasteiger partial charge in [-0.15, -0.1) is 11.3 Å². The molecule has 2 heterocycles. The van der Waals surface area contributed by atoms with Gasteiger partial charge in [0.25, 0.3) is 0 Å². The van der Waals surface area contributed by atoms with Gasteiger partial charge in [-0.05, 0) is 20.8 Å². The number of guanidine groups is 1. The first-order valence-electron chi connectivity index (χ1n) is 6.75. The van der Waals surface area contributed by atoms with Crippen molar-refractivity contribution < 1.29 is 4.52 Å². The van der Waals surface area contributed by atoms with Gasteiger partial charge in [-0.25, -0.2) is 4.98 Å². The molecule has 0 aromatic carbocycles. The van der Waals surface area contributed by atoms with E-state index >= 15 is 0 Å². The maximum Gasteiger partial charge on any atom is 0.246 e.